The van der Waals surface area contributed by atoms with Crippen molar-refractivity contribution in [3.05, 3.63) is 65.2 Å². The Labute approximate surface area is 123 Å². The molecule has 0 aliphatic carbocycles. The first-order valence-corrected chi connectivity index (χ1v) is 6.72. The van der Waals surface area contributed by atoms with Crippen LogP contribution in [-0.4, -0.2) is 19.0 Å². The van der Waals surface area contributed by atoms with E-state index in [1.54, 1.807) is 36.4 Å². The highest BCUT2D eigenvalue weighted by molar-refractivity contribution is 6.04. The molecule has 0 atom stereocenters. The van der Waals surface area contributed by atoms with Crippen LogP contribution in [0, 0.1) is 0 Å². The number of carbonyl (C=O) groups excluding carboxylic acids is 2. The Bertz CT molecular complexity index is 647. The monoisotopic (exact) mass is 283 g/mol. The van der Waals surface area contributed by atoms with E-state index in [9.17, 15) is 9.59 Å². The van der Waals surface area contributed by atoms with Gasteiger partial charge in [0.25, 0.3) is 5.91 Å². The van der Waals surface area contributed by atoms with Crippen molar-refractivity contribution in [2.24, 2.45) is 0 Å². The molecule has 0 spiro atoms. The normalized spacial score (nSPS) is 10.0. The Hall–Kier alpha value is -2.62. The smallest absolute Gasteiger partial charge is 0.337 e. The predicted molar refractivity (Wildman–Crippen MR) is 81.6 cm³/mol. The molecule has 2 aromatic carbocycles. The number of hydrogen-bond donors (Lipinski definition) is 1. The maximum Gasteiger partial charge on any atom is 0.337 e. The number of amides is 1. The number of nitrogens with one attached hydrogen (secondary N) is 1. The molecule has 1 N–H and O–H groups in total. The number of carbonyl (C=O) groups is 2. The molecule has 0 saturated heterocycles. The van der Waals surface area contributed by atoms with E-state index < -0.39 is 5.97 Å². The second-order valence-corrected chi connectivity index (χ2v) is 4.58. The van der Waals surface area contributed by atoms with Gasteiger partial charge in [0.1, 0.15) is 0 Å². The number of aryl methyl sites for hydroxylation is 1. The Morgan fingerprint density at radius 1 is 1.05 bits per heavy atom. The average Bonchev–Trinajstić information content (AvgIpc) is 2.54. The molecule has 4 heteroatoms. The van der Waals surface area contributed by atoms with Gasteiger partial charge >= 0.3 is 5.97 Å². The van der Waals surface area contributed by atoms with E-state index in [-0.39, 0.29) is 5.91 Å². The van der Waals surface area contributed by atoms with Crippen LogP contribution in [-0.2, 0) is 11.2 Å². The molecular formula is C17H17NO3. The van der Waals surface area contributed by atoms with Gasteiger partial charge in [-0.05, 0) is 42.3 Å². The topological polar surface area (TPSA) is 55.4 Å². The van der Waals surface area contributed by atoms with E-state index in [0.29, 0.717) is 16.8 Å². The van der Waals surface area contributed by atoms with Crippen LogP contribution in [0.15, 0.2) is 48.5 Å². The van der Waals surface area contributed by atoms with Crippen LogP contribution < -0.4 is 5.32 Å². The second-order valence-electron chi connectivity index (χ2n) is 4.58. The molecule has 2 rings (SSSR count). The first-order valence-electron chi connectivity index (χ1n) is 6.72. The summed E-state index contributed by atoms with van der Waals surface area (Å²) >= 11 is 0. The molecule has 0 heterocycles. The minimum Gasteiger partial charge on any atom is -0.465 e. The fourth-order valence-corrected chi connectivity index (χ4v) is 1.94. The van der Waals surface area contributed by atoms with Gasteiger partial charge in [0.05, 0.1) is 12.7 Å². The molecule has 0 saturated carbocycles. The first-order chi connectivity index (χ1) is 10.1. The van der Waals surface area contributed by atoms with E-state index in [4.69, 9.17) is 0 Å². The van der Waals surface area contributed by atoms with Gasteiger partial charge in [-0.3, -0.25) is 4.79 Å². The maximum absolute atomic E-state index is 12.1. The summed E-state index contributed by atoms with van der Waals surface area (Å²) in [5.41, 5.74) is 2.72. The Morgan fingerprint density at radius 2 is 1.76 bits per heavy atom. The highest BCUT2D eigenvalue weighted by Gasteiger charge is 2.09. The van der Waals surface area contributed by atoms with Crippen molar-refractivity contribution in [3.63, 3.8) is 0 Å². The molecule has 0 fully saturated rings. The van der Waals surface area contributed by atoms with Crippen LogP contribution in [0.2, 0.25) is 0 Å². The number of benzene rings is 2. The van der Waals surface area contributed by atoms with E-state index in [1.807, 2.05) is 12.1 Å². The lowest BCUT2D eigenvalue weighted by Crippen LogP contribution is -2.12. The number of methoxy groups -OCH3 is 1. The van der Waals surface area contributed by atoms with Gasteiger partial charge in [-0.15, -0.1) is 0 Å². The van der Waals surface area contributed by atoms with Gasteiger partial charge in [0.15, 0.2) is 0 Å². The molecule has 0 aliphatic rings. The van der Waals surface area contributed by atoms with Crippen LogP contribution in [0.25, 0.3) is 0 Å². The number of hydrogen-bond acceptors (Lipinski definition) is 3. The first kappa shape index (κ1) is 14.8. The van der Waals surface area contributed by atoms with Crippen LogP contribution in [0.3, 0.4) is 0 Å². The van der Waals surface area contributed by atoms with Crippen molar-refractivity contribution in [1.29, 1.82) is 0 Å². The quantitative estimate of drug-likeness (QED) is 0.876. The van der Waals surface area contributed by atoms with E-state index >= 15 is 0 Å². The lowest BCUT2D eigenvalue weighted by molar-refractivity contribution is 0.0600. The van der Waals surface area contributed by atoms with Gasteiger partial charge in [0.2, 0.25) is 0 Å². The summed E-state index contributed by atoms with van der Waals surface area (Å²) in [6, 6.07) is 14.1. The number of esters is 1. The summed E-state index contributed by atoms with van der Waals surface area (Å²) in [5, 5.41) is 2.77. The third-order valence-electron chi connectivity index (χ3n) is 3.17. The maximum atomic E-state index is 12.1. The van der Waals surface area contributed by atoms with Crippen molar-refractivity contribution in [2.75, 3.05) is 12.4 Å². The molecule has 0 aromatic heterocycles. The SMILES string of the molecule is CCc1ccc(C(=O)Nc2cccc(C(=O)OC)c2)cc1. The minimum absolute atomic E-state index is 0.209. The Morgan fingerprint density at radius 3 is 2.38 bits per heavy atom. The van der Waals surface area contributed by atoms with Gasteiger partial charge in [-0.1, -0.05) is 25.1 Å². The highest BCUT2D eigenvalue weighted by atomic mass is 16.5. The van der Waals surface area contributed by atoms with Crippen LogP contribution in [0.1, 0.15) is 33.2 Å². The fourth-order valence-electron chi connectivity index (χ4n) is 1.94. The standard InChI is InChI=1S/C17H17NO3/c1-3-12-7-9-13(10-8-12)16(19)18-15-6-4-5-14(11-15)17(20)21-2/h4-11H,3H2,1-2H3,(H,18,19). The zero-order chi connectivity index (χ0) is 15.2. The minimum atomic E-state index is -0.432. The molecule has 1 amide bonds. The van der Waals surface area contributed by atoms with Crippen LogP contribution >= 0.6 is 0 Å². The lowest BCUT2D eigenvalue weighted by Gasteiger charge is -2.07. The molecular weight excluding hydrogens is 266 g/mol. The van der Waals surface area contributed by atoms with E-state index in [0.717, 1.165) is 6.42 Å². The molecule has 0 radical (unpaired) electrons. The molecule has 0 aliphatic heterocycles. The van der Waals surface area contributed by atoms with E-state index in [1.165, 1.54) is 12.7 Å². The third kappa shape index (κ3) is 3.69. The molecule has 2 aromatic rings. The largest absolute Gasteiger partial charge is 0.465 e. The van der Waals surface area contributed by atoms with Crippen LogP contribution in [0.4, 0.5) is 5.69 Å². The molecule has 21 heavy (non-hydrogen) atoms. The van der Waals surface area contributed by atoms with E-state index in [2.05, 4.69) is 17.0 Å². The summed E-state index contributed by atoms with van der Waals surface area (Å²) in [6.07, 6.45) is 0.934. The predicted octanol–water partition coefficient (Wildman–Crippen LogP) is 3.29. The summed E-state index contributed by atoms with van der Waals surface area (Å²) in [7, 11) is 1.32. The Balaban J connectivity index is 2.13. The fraction of sp³-hybridized carbons (Fsp3) is 0.176. The van der Waals surface area contributed by atoms with Gasteiger partial charge in [-0.2, -0.15) is 0 Å². The molecule has 108 valence electrons. The Kier molecular flexibility index (Phi) is 4.72. The zero-order valence-corrected chi connectivity index (χ0v) is 12.1. The van der Waals surface area contributed by atoms with Gasteiger partial charge in [0, 0.05) is 11.3 Å². The second kappa shape index (κ2) is 6.70. The summed E-state index contributed by atoms with van der Waals surface area (Å²) < 4.78 is 4.65. The zero-order valence-electron chi connectivity index (χ0n) is 12.1. The highest BCUT2D eigenvalue weighted by Crippen LogP contribution is 2.13. The third-order valence-corrected chi connectivity index (χ3v) is 3.17. The van der Waals surface area contributed by atoms with Crippen molar-refractivity contribution in [3.8, 4) is 0 Å². The number of ether oxygens (including phenoxy) is 1. The summed E-state index contributed by atoms with van der Waals surface area (Å²) in [6.45, 7) is 2.06. The lowest BCUT2D eigenvalue weighted by atomic mass is 10.1. The molecule has 0 unspecified atom stereocenters. The average molecular weight is 283 g/mol. The van der Waals surface area contributed by atoms with Crippen LogP contribution in [0.5, 0.6) is 0 Å². The molecule has 0 bridgehead atoms. The summed E-state index contributed by atoms with van der Waals surface area (Å²) in [5.74, 6) is -0.641. The van der Waals surface area contributed by atoms with Gasteiger partial charge in [-0.25, -0.2) is 4.79 Å². The molecule has 4 nitrogen and oxygen atoms in total. The number of anilines is 1. The number of rotatable bonds is 4. The van der Waals surface area contributed by atoms with Crippen molar-refractivity contribution < 1.29 is 14.3 Å². The summed E-state index contributed by atoms with van der Waals surface area (Å²) in [4.78, 5) is 23.6. The van der Waals surface area contributed by atoms with Gasteiger partial charge < -0.3 is 10.1 Å². The van der Waals surface area contributed by atoms with Crippen molar-refractivity contribution in [1.82, 2.24) is 0 Å². The van der Waals surface area contributed by atoms with Crippen molar-refractivity contribution >= 4 is 17.6 Å². The van der Waals surface area contributed by atoms with Crippen molar-refractivity contribution in [2.45, 2.75) is 13.3 Å².